The van der Waals surface area contributed by atoms with Gasteiger partial charge in [0.05, 0.1) is 11.9 Å². The Hall–Kier alpha value is -3.69. The highest BCUT2D eigenvalue weighted by Crippen LogP contribution is 2.28. The van der Waals surface area contributed by atoms with E-state index in [1.807, 2.05) is 0 Å². The van der Waals surface area contributed by atoms with E-state index in [1.165, 1.54) is 18.3 Å². The van der Waals surface area contributed by atoms with E-state index in [1.54, 1.807) is 29.3 Å². The van der Waals surface area contributed by atoms with Crippen LogP contribution in [-0.4, -0.2) is 49.0 Å². The number of H-pyrrole nitrogens is 1. The number of benzene rings is 1. The molecule has 3 aromatic rings. The molecule has 2 aromatic heterocycles. The minimum Gasteiger partial charge on any atom is -0.358 e. The number of nitrogens with one attached hydrogen (secondary N) is 1. The molecule has 0 bridgehead atoms. The lowest BCUT2D eigenvalue weighted by molar-refractivity contribution is -0.389. The number of hydrogen-bond acceptors (Lipinski definition) is 6. The normalized spacial score (nSPS) is 14.7. The highest BCUT2D eigenvalue weighted by Gasteiger charge is 2.30. The minimum atomic E-state index is -0.651. The first-order valence-electron chi connectivity index (χ1n) is 9.09. The Kier molecular flexibility index (Phi) is 4.98. The van der Waals surface area contributed by atoms with Crippen molar-refractivity contribution in [2.24, 2.45) is 0 Å². The van der Waals surface area contributed by atoms with Crippen LogP contribution in [0.1, 0.15) is 34.9 Å². The van der Waals surface area contributed by atoms with Crippen LogP contribution in [0.25, 0.3) is 11.3 Å². The van der Waals surface area contributed by atoms with Gasteiger partial charge in [0.25, 0.3) is 5.91 Å². The third-order valence-corrected chi connectivity index (χ3v) is 4.99. The van der Waals surface area contributed by atoms with Gasteiger partial charge in [-0.15, -0.1) is 5.10 Å². The molecule has 9 nitrogen and oxygen atoms in total. The molecule has 1 aromatic carbocycles. The first-order chi connectivity index (χ1) is 14.0. The molecule has 29 heavy (non-hydrogen) atoms. The van der Waals surface area contributed by atoms with Gasteiger partial charge in [-0.05, 0) is 48.1 Å². The third kappa shape index (κ3) is 3.82. The van der Waals surface area contributed by atoms with E-state index in [4.69, 9.17) is 0 Å². The maximum Gasteiger partial charge on any atom is 0.355 e. The largest absolute Gasteiger partial charge is 0.358 e. The maximum absolute atomic E-state index is 13.1. The number of piperidine rings is 1. The summed E-state index contributed by atoms with van der Waals surface area (Å²) in [6.45, 7) is 0.881. The standard InChI is InChI=1S/C19H17FN6O3/c20-14-3-1-12(2-4-14)16-5-8-21-17(23-16)13-6-9-25(10-7-13)19(27)15-11-22-24-18(15)26(28)29/h1-5,8,11,13H,6-7,9-10H2,(H,22,24). The number of amides is 1. The summed E-state index contributed by atoms with van der Waals surface area (Å²) in [5.74, 6) is -0.373. The topological polar surface area (TPSA) is 118 Å². The number of aromatic nitrogens is 4. The maximum atomic E-state index is 13.1. The minimum absolute atomic E-state index is 0.0389. The van der Waals surface area contributed by atoms with E-state index in [0.717, 1.165) is 5.56 Å². The third-order valence-electron chi connectivity index (χ3n) is 4.99. The number of likely N-dealkylation sites (tertiary alicyclic amines) is 1. The summed E-state index contributed by atoms with van der Waals surface area (Å²) in [6, 6.07) is 7.88. The van der Waals surface area contributed by atoms with E-state index in [-0.39, 0.29) is 17.3 Å². The van der Waals surface area contributed by atoms with Crippen LogP contribution in [0.15, 0.2) is 42.7 Å². The quantitative estimate of drug-likeness (QED) is 0.535. The van der Waals surface area contributed by atoms with E-state index >= 15 is 0 Å². The van der Waals surface area contributed by atoms with Crippen molar-refractivity contribution in [3.63, 3.8) is 0 Å². The number of carbonyl (C=O) groups is 1. The summed E-state index contributed by atoms with van der Waals surface area (Å²) in [7, 11) is 0. The molecule has 4 rings (SSSR count). The summed E-state index contributed by atoms with van der Waals surface area (Å²) in [5.41, 5.74) is 1.47. The van der Waals surface area contributed by atoms with Crippen molar-refractivity contribution in [2.75, 3.05) is 13.1 Å². The number of halogens is 1. The van der Waals surface area contributed by atoms with Gasteiger partial charge in [0.15, 0.2) is 5.56 Å². The summed E-state index contributed by atoms with van der Waals surface area (Å²) in [4.78, 5) is 33.5. The second-order valence-corrected chi connectivity index (χ2v) is 6.76. The van der Waals surface area contributed by atoms with Gasteiger partial charge >= 0.3 is 5.82 Å². The summed E-state index contributed by atoms with van der Waals surface area (Å²) >= 11 is 0. The molecule has 1 saturated heterocycles. The predicted molar refractivity (Wildman–Crippen MR) is 101 cm³/mol. The lowest BCUT2D eigenvalue weighted by Gasteiger charge is -2.31. The van der Waals surface area contributed by atoms with Gasteiger partial charge < -0.3 is 15.0 Å². The fraction of sp³-hybridized carbons (Fsp3) is 0.263. The van der Waals surface area contributed by atoms with Crippen molar-refractivity contribution in [1.82, 2.24) is 25.1 Å². The summed E-state index contributed by atoms with van der Waals surface area (Å²) < 4.78 is 13.1. The summed E-state index contributed by atoms with van der Waals surface area (Å²) in [5, 5.41) is 16.9. The van der Waals surface area contributed by atoms with Crippen molar-refractivity contribution < 1.29 is 14.1 Å². The zero-order valence-electron chi connectivity index (χ0n) is 15.3. The fourth-order valence-electron chi connectivity index (χ4n) is 3.44. The number of aromatic amines is 1. The molecule has 0 unspecified atom stereocenters. The van der Waals surface area contributed by atoms with Crippen molar-refractivity contribution in [3.8, 4) is 11.3 Å². The van der Waals surface area contributed by atoms with Crippen LogP contribution in [-0.2, 0) is 0 Å². The monoisotopic (exact) mass is 396 g/mol. The Morgan fingerprint density at radius 3 is 2.62 bits per heavy atom. The molecule has 1 fully saturated rings. The number of carbonyl (C=O) groups excluding carboxylic acids is 1. The Bertz CT molecular complexity index is 1040. The van der Waals surface area contributed by atoms with E-state index in [0.29, 0.717) is 37.4 Å². The van der Waals surface area contributed by atoms with Crippen molar-refractivity contribution in [3.05, 3.63) is 70.0 Å². The van der Waals surface area contributed by atoms with Crippen molar-refractivity contribution >= 4 is 11.7 Å². The lowest BCUT2D eigenvalue weighted by Crippen LogP contribution is -2.38. The fourth-order valence-corrected chi connectivity index (χ4v) is 3.44. The molecule has 0 spiro atoms. The van der Waals surface area contributed by atoms with Crippen LogP contribution in [0.5, 0.6) is 0 Å². The lowest BCUT2D eigenvalue weighted by atomic mass is 9.95. The van der Waals surface area contributed by atoms with Gasteiger partial charge in [-0.3, -0.25) is 4.79 Å². The molecule has 1 N–H and O–H groups in total. The molecule has 148 valence electrons. The molecule has 0 saturated carbocycles. The Labute approximate surface area is 164 Å². The van der Waals surface area contributed by atoms with Crippen LogP contribution >= 0.6 is 0 Å². The molecule has 0 radical (unpaired) electrons. The van der Waals surface area contributed by atoms with Gasteiger partial charge in [-0.2, -0.15) is 0 Å². The van der Waals surface area contributed by atoms with Crippen LogP contribution in [0, 0.1) is 15.9 Å². The summed E-state index contributed by atoms with van der Waals surface area (Å²) in [6.07, 6.45) is 4.14. The molecular weight excluding hydrogens is 379 g/mol. The number of hydrogen-bond donors (Lipinski definition) is 1. The SMILES string of the molecule is O=C(c1cn[nH]c1[N+](=O)[O-])N1CCC(c2nccc(-c3ccc(F)cc3)n2)CC1. The second-order valence-electron chi connectivity index (χ2n) is 6.76. The number of rotatable bonds is 4. The smallest absolute Gasteiger partial charge is 0.355 e. The molecule has 0 atom stereocenters. The Morgan fingerprint density at radius 1 is 1.21 bits per heavy atom. The van der Waals surface area contributed by atoms with Crippen molar-refractivity contribution in [1.29, 1.82) is 0 Å². The Morgan fingerprint density at radius 2 is 1.93 bits per heavy atom. The van der Waals surface area contributed by atoms with Gasteiger partial charge in [-0.1, -0.05) is 5.10 Å². The van der Waals surface area contributed by atoms with E-state index < -0.39 is 16.6 Å². The molecule has 0 aliphatic carbocycles. The first-order valence-corrected chi connectivity index (χ1v) is 9.09. The van der Waals surface area contributed by atoms with Crippen LogP contribution in [0.4, 0.5) is 10.2 Å². The van der Waals surface area contributed by atoms with E-state index in [9.17, 15) is 19.3 Å². The average Bonchev–Trinajstić information content (AvgIpc) is 3.24. The van der Waals surface area contributed by atoms with Gasteiger partial charge in [0.1, 0.15) is 11.6 Å². The number of nitrogens with zero attached hydrogens (tertiary/aromatic N) is 5. The highest BCUT2D eigenvalue weighted by atomic mass is 19.1. The molecule has 10 heteroatoms. The molecule has 1 amide bonds. The molecule has 1 aliphatic rings. The van der Waals surface area contributed by atoms with Crippen LogP contribution < -0.4 is 0 Å². The zero-order valence-corrected chi connectivity index (χ0v) is 15.3. The van der Waals surface area contributed by atoms with Crippen molar-refractivity contribution in [2.45, 2.75) is 18.8 Å². The Balaban J connectivity index is 1.45. The molecule has 3 heterocycles. The van der Waals surface area contributed by atoms with Crippen LogP contribution in [0.2, 0.25) is 0 Å². The first kappa shape index (κ1) is 18.7. The van der Waals surface area contributed by atoms with E-state index in [2.05, 4.69) is 20.2 Å². The molecular formula is C19H17FN6O3. The zero-order chi connectivity index (χ0) is 20.4. The second kappa shape index (κ2) is 7.74. The van der Waals surface area contributed by atoms with Gasteiger partial charge in [-0.25, -0.2) is 14.4 Å². The van der Waals surface area contributed by atoms with Gasteiger partial charge in [0.2, 0.25) is 0 Å². The van der Waals surface area contributed by atoms with Gasteiger partial charge in [0, 0.05) is 30.8 Å². The van der Waals surface area contributed by atoms with Crippen LogP contribution in [0.3, 0.4) is 0 Å². The average molecular weight is 396 g/mol. The molecule has 1 aliphatic heterocycles. The highest BCUT2D eigenvalue weighted by molar-refractivity contribution is 5.97. The predicted octanol–water partition coefficient (Wildman–Crippen LogP) is 2.93. The number of nitro groups is 1.